The van der Waals surface area contributed by atoms with Crippen LogP contribution in [0.4, 0.5) is 17.1 Å². The largest absolute Gasteiger partial charge is 0.393 e. The van der Waals surface area contributed by atoms with Crippen molar-refractivity contribution in [2.24, 2.45) is 17.6 Å². The third-order valence-corrected chi connectivity index (χ3v) is 4.66. The number of hydrogen-bond donors (Lipinski definition) is 2. The van der Waals surface area contributed by atoms with Crippen LogP contribution < -0.4 is 16.4 Å². The molecule has 108 valence electrons. The molecule has 2 fully saturated rings. The molecule has 0 bridgehead atoms. The van der Waals surface area contributed by atoms with Crippen molar-refractivity contribution in [3.05, 3.63) is 28.3 Å². The van der Waals surface area contributed by atoms with Crippen molar-refractivity contribution in [2.45, 2.75) is 25.3 Å². The van der Waals surface area contributed by atoms with E-state index >= 15 is 0 Å². The highest BCUT2D eigenvalue weighted by Crippen LogP contribution is 2.38. The van der Waals surface area contributed by atoms with E-state index < -0.39 is 4.92 Å². The van der Waals surface area contributed by atoms with Gasteiger partial charge < -0.3 is 16.4 Å². The molecule has 2 aliphatic rings. The molecule has 1 aliphatic carbocycles. The summed E-state index contributed by atoms with van der Waals surface area (Å²) in [5.41, 5.74) is 13.0. The van der Waals surface area contributed by atoms with E-state index in [9.17, 15) is 10.1 Å². The Labute approximate surface area is 117 Å². The molecule has 6 heteroatoms. The van der Waals surface area contributed by atoms with Crippen LogP contribution in [0.5, 0.6) is 0 Å². The summed E-state index contributed by atoms with van der Waals surface area (Å²) >= 11 is 0. The maximum atomic E-state index is 10.8. The fourth-order valence-corrected chi connectivity index (χ4v) is 3.58. The summed E-state index contributed by atoms with van der Waals surface area (Å²) in [5.74, 6) is 1.35. The highest BCUT2D eigenvalue weighted by molar-refractivity contribution is 5.67. The number of anilines is 2. The molecule has 1 unspecified atom stereocenters. The monoisotopic (exact) mass is 276 g/mol. The second-order valence-corrected chi connectivity index (χ2v) is 6.00. The number of benzene rings is 1. The minimum absolute atomic E-state index is 0.0209. The number of nitrogens with zero attached hydrogens (tertiary/aromatic N) is 2. The van der Waals surface area contributed by atoms with Crippen LogP contribution in [0.25, 0.3) is 0 Å². The third kappa shape index (κ3) is 2.31. The number of hydrogen-bond acceptors (Lipinski definition) is 5. The van der Waals surface area contributed by atoms with E-state index in [0.717, 1.165) is 31.6 Å². The average Bonchev–Trinajstić information content (AvgIpc) is 2.81. The van der Waals surface area contributed by atoms with E-state index in [4.69, 9.17) is 11.5 Å². The number of nitro benzene ring substituents is 1. The summed E-state index contributed by atoms with van der Waals surface area (Å²) in [6, 6.07) is 5.35. The molecule has 3 atom stereocenters. The number of nitrogens with two attached hydrogens (primary N) is 2. The molecule has 0 aromatic heterocycles. The zero-order chi connectivity index (χ0) is 14.3. The van der Waals surface area contributed by atoms with Gasteiger partial charge in [0.15, 0.2) is 0 Å². The molecular weight excluding hydrogens is 256 g/mol. The Morgan fingerprint density at radius 3 is 2.70 bits per heavy atom. The first-order valence-electron chi connectivity index (χ1n) is 7.09. The van der Waals surface area contributed by atoms with E-state index in [1.807, 2.05) is 0 Å². The van der Waals surface area contributed by atoms with Crippen LogP contribution in [0, 0.1) is 22.0 Å². The molecule has 3 rings (SSSR count). The maximum absolute atomic E-state index is 10.8. The SMILES string of the molecule is Nc1cc(N2C[C@H]3CCC(N)C[C@H]3C2)ccc1[N+](=O)[O-]. The molecule has 0 radical (unpaired) electrons. The molecule has 1 aromatic carbocycles. The molecule has 4 N–H and O–H groups in total. The zero-order valence-electron chi connectivity index (χ0n) is 11.4. The lowest BCUT2D eigenvalue weighted by atomic mass is 9.79. The van der Waals surface area contributed by atoms with E-state index in [0.29, 0.717) is 17.9 Å². The van der Waals surface area contributed by atoms with Gasteiger partial charge >= 0.3 is 0 Å². The van der Waals surface area contributed by atoms with Crippen LogP contribution in [0.1, 0.15) is 19.3 Å². The van der Waals surface area contributed by atoms with Gasteiger partial charge in [-0.05, 0) is 43.2 Å². The Balaban J connectivity index is 1.78. The van der Waals surface area contributed by atoms with Crippen molar-refractivity contribution >= 4 is 17.1 Å². The summed E-state index contributed by atoms with van der Waals surface area (Å²) in [5, 5.41) is 10.8. The smallest absolute Gasteiger partial charge is 0.292 e. The van der Waals surface area contributed by atoms with Crippen molar-refractivity contribution in [3.8, 4) is 0 Å². The Hall–Kier alpha value is -1.82. The lowest BCUT2D eigenvalue weighted by Crippen LogP contribution is -2.32. The average molecular weight is 276 g/mol. The Morgan fingerprint density at radius 2 is 2.00 bits per heavy atom. The molecule has 0 amide bonds. The number of nitrogen functional groups attached to an aromatic ring is 1. The van der Waals surface area contributed by atoms with Crippen molar-refractivity contribution in [1.29, 1.82) is 0 Å². The molecule has 20 heavy (non-hydrogen) atoms. The molecule has 1 aliphatic heterocycles. The third-order valence-electron chi connectivity index (χ3n) is 4.66. The van der Waals surface area contributed by atoms with Crippen LogP contribution in [0.3, 0.4) is 0 Å². The van der Waals surface area contributed by atoms with Gasteiger partial charge in [0.2, 0.25) is 0 Å². The van der Waals surface area contributed by atoms with Gasteiger partial charge in [0, 0.05) is 30.9 Å². The summed E-state index contributed by atoms with van der Waals surface area (Å²) in [6.45, 7) is 1.99. The first-order chi connectivity index (χ1) is 9.54. The minimum atomic E-state index is -0.443. The Morgan fingerprint density at radius 1 is 1.25 bits per heavy atom. The van der Waals surface area contributed by atoms with Gasteiger partial charge in [-0.15, -0.1) is 0 Å². The summed E-state index contributed by atoms with van der Waals surface area (Å²) < 4.78 is 0. The Bertz CT molecular complexity index is 534. The summed E-state index contributed by atoms with van der Waals surface area (Å²) in [7, 11) is 0. The topological polar surface area (TPSA) is 98.4 Å². The normalized spacial score (nSPS) is 29.2. The molecule has 1 saturated carbocycles. The maximum Gasteiger partial charge on any atom is 0.292 e. The highest BCUT2D eigenvalue weighted by Gasteiger charge is 2.37. The summed E-state index contributed by atoms with van der Waals surface area (Å²) in [6.07, 6.45) is 3.38. The fraction of sp³-hybridized carbons (Fsp3) is 0.571. The minimum Gasteiger partial charge on any atom is -0.393 e. The van der Waals surface area contributed by atoms with E-state index in [1.54, 1.807) is 12.1 Å². The van der Waals surface area contributed by atoms with Gasteiger partial charge in [-0.25, -0.2) is 0 Å². The molecule has 1 saturated heterocycles. The molecule has 1 aromatic rings. The van der Waals surface area contributed by atoms with Gasteiger partial charge in [-0.3, -0.25) is 10.1 Å². The van der Waals surface area contributed by atoms with Crippen LogP contribution >= 0.6 is 0 Å². The quantitative estimate of drug-likeness (QED) is 0.487. The lowest BCUT2D eigenvalue weighted by molar-refractivity contribution is -0.383. The van der Waals surface area contributed by atoms with Crippen LogP contribution in [-0.4, -0.2) is 24.1 Å². The first-order valence-corrected chi connectivity index (χ1v) is 7.09. The lowest BCUT2D eigenvalue weighted by Gasteiger charge is -2.27. The van der Waals surface area contributed by atoms with Crippen LogP contribution in [-0.2, 0) is 0 Å². The molecule has 0 spiro atoms. The predicted molar refractivity (Wildman–Crippen MR) is 78.5 cm³/mol. The fourth-order valence-electron chi connectivity index (χ4n) is 3.58. The van der Waals surface area contributed by atoms with Gasteiger partial charge in [0.05, 0.1) is 4.92 Å². The number of fused-ring (bicyclic) bond motifs is 1. The van der Waals surface area contributed by atoms with Crippen molar-refractivity contribution < 1.29 is 4.92 Å². The van der Waals surface area contributed by atoms with Crippen molar-refractivity contribution in [2.75, 3.05) is 23.7 Å². The van der Waals surface area contributed by atoms with E-state index in [1.165, 1.54) is 12.5 Å². The van der Waals surface area contributed by atoms with E-state index in [-0.39, 0.29) is 11.4 Å². The van der Waals surface area contributed by atoms with Crippen molar-refractivity contribution in [3.63, 3.8) is 0 Å². The number of rotatable bonds is 2. The predicted octanol–water partition coefficient (Wildman–Crippen LogP) is 1.74. The standard InChI is InChI=1S/C14H20N4O2/c15-11-2-1-9-7-17(8-10(9)5-11)12-3-4-14(18(19)20)13(16)6-12/h3-4,6,9-11H,1-2,5,7-8,15-16H2/t9-,10+,11?/m1/s1. The molecular formula is C14H20N4O2. The number of nitro groups is 1. The highest BCUT2D eigenvalue weighted by atomic mass is 16.6. The van der Waals surface area contributed by atoms with Crippen LogP contribution in [0.2, 0.25) is 0 Å². The van der Waals surface area contributed by atoms with Gasteiger partial charge in [-0.1, -0.05) is 0 Å². The van der Waals surface area contributed by atoms with E-state index in [2.05, 4.69) is 4.90 Å². The van der Waals surface area contributed by atoms with Gasteiger partial charge in [0.25, 0.3) is 5.69 Å². The van der Waals surface area contributed by atoms with Gasteiger partial charge in [0.1, 0.15) is 5.69 Å². The molecule has 6 nitrogen and oxygen atoms in total. The Kier molecular flexibility index (Phi) is 3.25. The molecule has 1 heterocycles. The second kappa shape index (κ2) is 4.94. The summed E-state index contributed by atoms with van der Waals surface area (Å²) in [4.78, 5) is 12.6. The van der Waals surface area contributed by atoms with Crippen molar-refractivity contribution in [1.82, 2.24) is 0 Å². The zero-order valence-corrected chi connectivity index (χ0v) is 11.4. The van der Waals surface area contributed by atoms with Crippen LogP contribution in [0.15, 0.2) is 18.2 Å². The van der Waals surface area contributed by atoms with Gasteiger partial charge in [-0.2, -0.15) is 0 Å². The first kappa shape index (κ1) is 13.2. The second-order valence-electron chi connectivity index (χ2n) is 6.00.